The SMILES string of the molecule is C=CCCN(C(=O)c1cccc(Br)n1)C(C)C. The van der Waals surface area contributed by atoms with Gasteiger partial charge in [-0.2, -0.15) is 0 Å². The molecule has 1 amide bonds. The minimum Gasteiger partial charge on any atom is -0.335 e. The number of nitrogens with zero attached hydrogens (tertiary/aromatic N) is 2. The molecule has 0 spiro atoms. The van der Waals surface area contributed by atoms with Crippen LogP contribution in [0.3, 0.4) is 0 Å². The van der Waals surface area contributed by atoms with Crippen molar-refractivity contribution in [3.05, 3.63) is 41.2 Å². The van der Waals surface area contributed by atoms with Crippen molar-refractivity contribution in [2.24, 2.45) is 0 Å². The summed E-state index contributed by atoms with van der Waals surface area (Å²) in [6.45, 7) is 8.35. The van der Waals surface area contributed by atoms with Gasteiger partial charge in [0, 0.05) is 12.6 Å². The van der Waals surface area contributed by atoms with Gasteiger partial charge in [-0.3, -0.25) is 4.79 Å². The molecule has 92 valence electrons. The van der Waals surface area contributed by atoms with Gasteiger partial charge in [0.2, 0.25) is 0 Å². The number of amides is 1. The molecule has 0 aromatic carbocycles. The number of carbonyl (C=O) groups is 1. The second kappa shape index (κ2) is 6.55. The van der Waals surface area contributed by atoms with Gasteiger partial charge in [-0.1, -0.05) is 12.1 Å². The van der Waals surface area contributed by atoms with E-state index in [0.717, 1.165) is 6.42 Å². The Balaban J connectivity index is 2.87. The Bertz CT molecular complexity index is 404. The maximum atomic E-state index is 12.3. The Morgan fingerprint density at radius 1 is 1.59 bits per heavy atom. The van der Waals surface area contributed by atoms with Crippen LogP contribution in [0.2, 0.25) is 0 Å². The van der Waals surface area contributed by atoms with Gasteiger partial charge in [0.15, 0.2) is 0 Å². The molecule has 0 saturated heterocycles. The first-order valence-electron chi connectivity index (χ1n) is 5.60. The van der Waals surface area contributed by atoms with Crippen molar-refractivity contribution in [1.82, 2.24) is 9.88 Å². The van der Waals surface area contributed by atoms with Gasteiger partial charge in [-0.25, -0.2) is 4.98 Å². The fourth-order valence-electron chi connectivity index (χ4n) is 1.50. The van der Waals surface area contributed by atoms with Crippen LogP contribution in [0.5, 0.6) is 0 Å². The van der Waals surface area contributed by atoms with Crippen LogP contribution >= 0.6 is 15.9 Å². The van der Waals surface area contributed by atoms with Crippen molar-refractivity contribution in [3.8, 4) is 0 Å². The van der Waals surface area contributed by atoms with E-state index in [4.69, 9.17) is 0 Å². The van der Waals surface area contributed by atoms with E-state index in [1.807, 2.05) is 26.0 Å². The summed E-state index contributed by atoms with van der Waals surface area (Å²) in [6.07, 6.45) is 2.61. The van der Waals surface area contributed by atoms with Crippen molar-refractivity contribution in [2.45, 2.75) is 26.3 Å². The van der Waals surface area contributed by atoms with Gasteiger partial charge in [-0.05, 0) is 48.3 Å². The minimum absolute atomic E-state index is 0.0387. The molecule has 0 fully saturated rings. The van der Waals surface area contributed by atoms with Gasteiger partial charge in [0.1, 0.15) is 10.3 Å². The van der Waals surface area contributed by atoms with Gasteiger partial charge >= 0.3 is 0 Å². The summed E-state index contributed by atoms with van der Waals surface area (Å²) in [4.78, 5) is 18.2. The summed E-state index contributed by atoms with van der Waals surface area (Å²) in [7, 11) is 0. The summed E-state index contributed by atoms with van der Waals surface area (Å²) in [5.74, 6) is -0.0387. The zero-order valence-electron chi connectivity index (χ0n) is 10.2. The Hall–Kier alpha value is -1.16. The standard InChI is InChI=1S/C13H17BrN2O/c1-4-5-9-16(10(2)3)13(17)11-7-6-8-12(14)15-11/h4,6-8,10H,1,5,9H2,2-3H3. The number of rotatable bonds is 5. The van der Waals surface area contributed by atoms with Gasteiger partial charge in [0.25, 0.3) is 5.91 Å². The fraction of sp³-hybridized carbons (Fsp3) is 0.385. The first-order valence-corrected chi connectivity index (χ1v) is 6.40. The molecule has 0 radical (unpaired) electrons. The molecule has 0 N–H and O–H groups in total. The van der Waals surface area contributed by atoms with Crippen molar-refractivity contribution in [2.75, 3.05) is 6.54 Å². The molecule has 1 rings (SSSR count). The zero-order chi connectivity index (χ0) is 12.8. The molecule has 0 bridgehead atoms. The molecule has 0 aliphatic heterocycles. The highest BCUT2D eigenvalue weighted by Crippen LogP contribution is 2.11. The Morgan fingerprint density at radius 3 is 2.82 bits per heavy atom. The summed E-state index contributed by atoms with van der Waals surface area (Å²) in [5.41, 5.74) is 0.470. The van der Waals surface area contributed by atoms with E-state index in [1.54, 1.807) is 17.0 Å². The van der Waals surface area contributed by atoms with E-state index in [-0.39, 0.29) is 11.9 Å². The molecule has 0 aliphatic carbocycles. The molecule has 1 heterocycles. The number of carbonyl (C=O) groups excluding carboxylic acids is 1. The molecule has 3 nitrogen and oxygen atoms in total. The van der Waals surface area contributed by atoms with Crippen LogP contribution in [-0.2, 0) is 0 Å². The number of aromatic nitrogens is 1. The maximum absolute atomic E-state index is 12.3. The molecule has 1 aromatic rings. The molecule has 0 aliphatic rings. The maximum Gasteiger partial charge on any atom is 0.272 e. The highest BCUT2D eigenvalue weighted by molar-refractivity contribution is 9.10. The van der Waals surface area contributed by atoms with E-state index >= 15 is 0 Å². The highest BCUT2D eigenvalue weighted by atomic mass is 79.9. The number of pyridine rings is 1. The highest BCUT2D eigenvalue weighted by Gasteiger charge is 2.19. The molecule has 1 aromatic heterocycles. The van der Waals surface area contributed by atoms with Gasteiger partial charge in [-0.15, -0.1) is 6.58 Å². The van der Waals surface area contributed by atoms with Crippen LogP contribution in [0.15, 0.2) is 35.5 Å². The second-order valence-electron chi connectivity index (χ2n) is 4.02. The van der Waals surface area contributed by atoms with Crippen molar-refractivity contribution < 1.29 is 4.79 Å². The van der Waals surface area contributed by atoms with Crippen LogP contribution in [0.4, 0.5) is 0 Å². The predicted molar refractivity (Wildman–Crippen MR) is 72.9 cm³/mol. The lowest BCUT2D eigenvalue weighted by Gasteiger charge is -2.26. The smallest absolute Gasteiger partial charge is 0.272 e. The zero-order valence-corrected chi connectivity index (χ0v) is 11.8. The number of hydrogen-bond acceptors (Lipinski definition) is 2. The lowest BCUT2D eigenvalue weighted by atomic mass is 10.2. The molecule has 0 atom stereocenters. The number of hydrogen-bond donors (Lipinski definition) is 0. The van der Waals surface area contributed by atoms with Crippen molar-refractivity contribution >= 4 is 21.8 Å². The topological polar surface area (TPSA) is 33.2 Å². The van der Waals surface area contributed by atoms with Crippen LogP contribution in [0.25, 0.3) is 0 Å². The van der Waals surface area contributed by atoms with Crippen LogP contribution < -0.4 is 0 Å². The van der Waals surface area contributed by atoms with Crippen molar-refractivity contribution in [1.29, 1.82) is 0 Å². The predicted octanol–water partition coefficient (Wildman–Crippen LogP) is 3.27. The Kier molecular flexibility index (Phi) is 5.35. The molecule has 0 saturated carbocycles. The summed E-state index contributed by atoms with van der Waals surface area (Å²) < 4.78 is 0.677. The Labute approximate surface area is 111 Å². The lowest BCUT2D eigenvalue weighted by Crippen LogP contribution is -2.38. The van der Waals surface area contributed by atoms with E-state index in [2.05, 4.69) is 27.5 Å². The minimum atomic E-state index is -0.0387. The van der Waals surface area contributed by atoms with Gasteiger partial charge < -0.3 is 4.90 Å². The van der Waals surface area contributed by atoms with Gasteiger partial charge in [0.05, 0.1) is 0 Å². The van der Waals surface area contributed by atoms with E-state index in [1.165, 1.54) is 0 Å². The summed E-state index contributed by atoms with van der Waals surface area (Å²) >= 11 is 3.27. The molecular weight excluding hydrogens is 280 g/mol. The third kappa shape index (κ3) is 3.97. The van der Waals surface area contributed by atoms with Crippen molar-refractivity contribution in [3.63, 3.8) is 0 Å². The molecule has 4 heteroatoms. The fourth-order valence-corrected chi connectivity index (χ4v) is 1.84. The normalized spacial score (nSPS) is 10.4. The largest absolute Gasteiger partial charge is 0.335 e. The number of halogens is 1. The van der Waals surface area contributed by atoms with Crippen LogP contribution in [-0.4, -0.2) is 28.4 Å². The van der Waals surface area contributed by atoms with E-state index in [0.29, 0.717) is 16.8 Å². The average Bonchev–Trinajstić information content (AvgIpc) is 2.29. The summed E-state index contributed by atoms with van der Waals surface area (Å²) in [6, 6.07) is 5.51. The second-order valence-corrected chi connectivity index (χ2v) is 4.83. The third-order valence-corrected chi connectivity index (χ3v) is 2.83. The van der Waals surface area contributed by atoms with Crippen LogP contribution in [0, 0.1) is 0 Å². The lowest BCUT2D eigenvalue weighted by molar-refractivity contribution is 0.0703. The summed E-state index contributed by atoms with van der Waals surface area (Å²) in [5, 5.41) is 0. The molecular formula is C13H17BrN2O. The molecule has 17 heavy (non-hydrogen) atoms. The first kappa shape index (κ1) is 13.9. The quantitative estimate of drug-likeness (QED) is 0.617. The molecule has 0 unspecified atom stereocenters. The van der Waals surface area contributed by atoms with Crippen LogP contribution in [0.1, 0.15) is 30.8 Å². The van der Waals surface area contributed by atoms with E-state index < -0.39 is 0 Å². The average molecular weight is 297 g/mol. The Morgan fingerprint density at radius 2 is 2.29 bits per heavy atom. The van der Waals surface area contributed by atoms with E-state index in [9.17, 15) is 4.79 Å². The third-order valence-electron chi connectivity index (χ3n) is 2.39. The first-order chi connectivity index (χ1) is 8.06. The monoisotopic (exact) mass is 296 g/mol.